The van der Waals surface area contributed by atoms with Crippen LogP contribution >= 0.6 is 11.3 Å². The van der Waals surface area contributed by atoms with Crippen LogP contribution in [0.4, 0.5) is 0 Å². The summed E-state index contributed by atoms with van der Waals surface area (Å²) in [4.78, 5) is 2.19. The van der Waals surface area contributed by atoms with Gasteiger partial charge < -0.3 is 9.84 Å². The molecule has 0 saturated heterocycles. The molecule has 2 atom stereocenters. The molecular weight excluding hydrogens is 172 g/mol. The van der Waals surface area contributed by atoms with Gasteiger partial charge in [-0.3, -0.25) is 0 Å². The zero-order valence-corrected chi connectivity index (χ0v) is 8.39. The third-order valence-corrected chi connectivity index (χ3v) is 2.94. The molecule has 0 aliphatic carbocycles. The largest absolute Gasteiger partial charge is 0.385 e. The Morgan fingerprint density at radius 2 is 2.17 bits per heavy atom. The van der Waals surface area contributed by atoms with Gasteiger partial charge in [0.25, 0.3) is 0 Å². The average molecular weight is 186 g/mol. The first kappa shape index (κ1) is 9.71. The van der Waals surface area contributed by atoms with E-state index in [0.717, 1.165) is 4.88 Å². The highest BCUT2D eigenvalue weighted by Crippen LogP contribution is 2.25. The minimum Gasteiger partial charge on any atom is -0.385 e. The van der Waals surface area contributed by atoms with Gasteiger partial charge in [0.2, 0.25) is 0 Å². The number of aliphatic hydroxyl groups is 1. The lowest BCUT2D eigenvalue weighted by Crippen LogP contribution is -2.15. The summed E-state index contributed by atoms with van der Waals surface area (Å²) >= 11 is 1.61. The second-order valence-electron chi connectivity index (χ2n) is 2.83. The second kappa shape index (κ2) is 4.03. The highest BCUT2D eigenvalue weighted by molar-refractivity contribution is 7.12. The summed E-state index contributed by atoms with van der Waals surface area (Å²) in [6, 6.07) is 3.95. The summed E-state index contributed by atoms with van der Waals surface area (Å²) in [7, 11) is 1.61. The molecule has 0 radical (unpaired) electrons. The lowest BCUT2D eigenvalue weighted by Gasteiger charge is -2.15. The maximum Gasteiger partial charge on any atom is 0.114 e. The van der Waals surface area contributed by atoms with E-state index in [1.807, 2.05) is 26.0 Å². The van der Waals surface area contributed by atoms with Gasteiger partial charge in [-0.2, -0.15) is 0 Å². The van der Waals surface area contributed by atoms with Crippen molar-refractivity contribution in [3.8, 4) is 0 Å². The predicted octanol–water partition coefficient (Wildman–Crippen LogP) is 2.12. The summed E-state index contributed by atoms with van der Waals surface area (Å²) in [5.41, 5.74) is 0. The van der Waals surface area contributed by atoms with Crippen molar-refractivity contribution < 1.29 is 9.84 Å². The van der Waals surface area contributed by atoms with Crippen LogP contribution in [-0.4, -0.2) is 18.3 Å². The minimum absolute atomic E-state index is 0.136. The monoisotopic (exact) mass is 186 g/mol. The Morgan fingerprint density at radius 3 is 2.58 bits per heavy atom. The Labute approximate surface area is 76.8 Å². The van der Waals surface area contributed by atoms with Gasteiger partial charge in [0.05, 0.1) is 6.10 Å². The molecule has 1 heterocycles. The van der Waals surface area contributed by atoms with Crippen LogP contribution in [0.15, 0.2) is 12.1 Å². The molecule has 0 aliphatic rings. The van der Waals surface area contributed by atoms with Gasteiger partial charge in [0, 0.05) is 16.9 Å². The SMILES string of the molecule is COC(C)C(O)c1ccc(C)s1. The highest BCUT2D eigenvalue weighted by Gasteiger charge is 2.16. The number of hydrogen-bond donors (Lipinski definition) is 1. The van der Waals surface area contributed by atoms with Crippen LogP contribution in [0.25, 0.3) is 0 Å². The van der Waals surface area contributed by atoms with Gasteiger partial charge in [0.1, 0.15) is 6.10 Å². The molecule has 1 rings (SSSR count). The first-order chi connectivity index (χ1) is 5.65. The molecule has 1 aromatic rings. The van der Waals surface area contributed by atoms with Crippen LogP contribution in [-0.2, 0) is 4.74 Å². The van der Waals surface area contributed by atoms with Crippen molar-refractivity contribution in [3.05, 3.63) is 21.9 Å². The van der Waals surface area contributed by atoms with Crippen molar-refractivity contribution in [1.29, 1.82) is 0 Å². The highest BCUT2D eigenvalue weighted by atomic mass is 32.1. The zero-order chi connectivity index (χ0) is 9.14. The van der Waals surface area contributed by atoms with E-state index in [1.165, 1.54) is 4.88 Å². The molecule has 1 aromatic heterocycles. The van der Waals surface area contributed by atoms with Gasteiger partial charge in [-0.25, -0.2) is 0 Å². The maximum absolute atomic E-state index is 9.69. The Bertz CT molecular complexity index is 244. The van der Waals surface area contributed by atoms with Crippen LogP contribution < -0.4 is 0 Å². The lowest BCUT2D eigenvalue weighted by atomic mass is 10.2. The van der Waals surface area contributed by atoms with Gasteiger partial charge in [-0.15, -0.1) is 11.3 Å². The molecule has 0 aliphatic heterocycles. The topological polar surface area (TPSA) is 29.5 Å². The van der Waals surface area contributed by atoms with Gasteiger partial charge >= 0.3 is 0 Å². The number of aryl methyl sites for hydroxylation is 1. The maximum atomic E-state index is 9.69. The lowest BCUT2D eigenvalue weighted by molar-refractivity contribution is 0.000430. The molecule has 0 aromatic carbocycles. The van der Waals surface area contributed by atoms with Gasteiger partial charge in [0.15, 0.2) is 0 Å². The molecular formula is C9H14O2S. The number of methoxy groups -OCH3 is 1. The van der Waals surface area contributed by atoms with Crippen molar-refractivity contribution in [2.75, 3.05) is 7.11 Å². The molecule has 12 heavy (non-hydrogen) atoms. The van der Waals surface area contributed by atoms with Crippen molar-refractivity contribution in [1.82, 2.24) is 0 Å². The molecule has 0 amide bonds. The number of thiophene rings is 1. The van der Waals surface area contributed by atoms with Gasteiger partial charge in [-0.05, 0) is 26.0 Å². The van der Waals surface area contributed by atoms with Crippen LogP contribution in [0.1, 0.15) is 22.8 Å². The number of aliphatic hydroxyl groups excluding tert-OH is 1. The average Bonchev–Trinajstić information content (AvgIpc) is 2.49. The van der Waals surface area contributed by atoms with E-state index in [-0.39, 0.29) is 6.10 Å². The Hall–Kier alpha value is -0.380. The molecule has 0 saturated carbocycles. The van der Waals surface area contributed by atoms with E-state index in [9.17, 15) is 5.11 Å². The zero-order valence-electron chi connectivity index (χ0n) is 7.57. The van der Waals surface area contributed by atoms with E-state index in [0.29, 0.717) is 0 Å². The molecule has 0 spiro atoms. The molecule has 3 heteroatoms. The third-order valence-electron chi connectivity index (χ3n) is 1.87. The molecule has 68 valence electrons. The molecule has 2 nitrogen and oxygen atoms in total. The van der Waals surface area contributed by atoms with E-state index < -0.39 is 6.10 Å². The van der Waals surface area contributed by atoms with Crippen molar-refractivity contribution in [2.45, 2.75) is 26.1 Å². The fraction of sp³-hybridized carbons (Fsp3) is 0.556. The van der Waals surface area contributed by atoms with E-state index in [2.05, 4.69) is 0 Å². The summed E-state index contributed by atoms with van der Waals surface area (Å²) in [6.07, 6.45) is -0.628. The van der Waals surface area contributed by atoms with Crippen LogP contribution in [0.2, 0.25) is 0 Å². The minimum atomic E-state index is -0.492. The number of hydrogen-bond acceptors (Lipinski definition) is 3. The van der Waals surface area contributed by atoms with Crippen molar-refractivity contribution in [2.24, 2.45) is 0 Å². The Balaban J connectivity index is 2.70. The molecule has 2 unspecified atom stereocenters. The smallest absolute Gasteiger partial charge is 0.114 e. The normalized spacial score (nSPS) is 16.0. The van der Waals surface area contributed by atoms with Crippen LogP contribution in [0.3, 0.4) is 0 Å². The quantitative estimate of drug-likeness (QED) is 0.783. The Kier molecular flexibility index (Phi) is 3.26. The molecule has 0 bridgehead atoms. The standard InChI is InChI=1S/C9H14O2S/c1-6-4-5-8(12-6)9(10)7(2)11-3/h4-5,7,9-10H,1-3H3. The van der Waals surface area contributed by atoms with Crippen LogP contribution in [0, 0.1) is 6.92 Å². The fourth-order valence-corrected chi connectivity index (χ4v) is 1.93. The first-order valence-corrected chi connectivity index (χ1v) is 4.74. The number of rotatable bonds is 3. The summed E-state index contributed by atoms with van der Waals surface area (Å²) < 4.78 is 5.03. The molecule has 1 N–H and O–H groups in total. The fourth-order valence-electron chi connectivity index (χ4n) is 0.973. The number of ether oxygens (including phenoxy) is 1. The summed E-state index contributed by atoms with van der Waals surface area (Å²) in [5, 5.41) is 9.69. The van der Waals surface area contributed by atoms with E-state index in [1.54, 1.807) is 18.4 Å². The van der Waals surface area contributed by atoms with Crippen molar-refractivity contribution >= 4 is 11.3 Å². The summed E-state index contributed by atoms with van der Waals surface area (Å²) in [6.45, 7) is 3.89. The Morgan fingerprint density at radius 1 is 1.50 bits per heavy atom. The summed E-state index contributed by atoms with van der Waals surface area (Å²) in [5.74, 6) is 0. The van der Waals surface area contributed by atoms with E-state index >= 15 is 0 Å². The van der Waals surface area contributed by atoms with E-state index in [4.69, 9.17) is 4.74 Å². The van der Waals surface area contributed by atoms with Gasteiger partial charge in [-0.1, -0.05) is 0 Å². The predicted molar refractivity (Wildman–Crippen MR) is 50.5 cm³/mol. The third kappa shape index (κ3) is 2.06. The van der Waals surface area contributed by atoms with Crippen LogP contribution in [0.5, 0.6) is 0 Å². The van der Waals surface area contributed by atoms with Crippen molar-refractivity contribution in [3.63, 3.8) is 0 Å². The first-order valence-electron chi connectivity index (χ1n) is 3.92. The second-order valence-corrected chi connectivity index (χ2v) is 4.15. The molecule has 0 fully saturated rings.